The van der Waals surface area contributed by atoms with Crippen molar-refractivity contribution in [2.75, 3.05) is 5.32 Å². The molecule has 0 saturated heterocycles. The van der Waals surface area contributed by atoms with Gasteiger partial charge in [-0.05, 0) is 85.9 Å². The van der Waals surface area contributed by atoms with Gasteiger partial charge in [-0.3, -0.25) is 4.98 Å². The number of nitrogens with one attached hydrogen (secondary N) is 2. The number of anilines is 2. The van der Waals surface area contributed by atoms with Crippen LogP contribution >= 0.6 is 0 Å². The molecule has 0 fully saturated rings. The number of nitrogens with zero attached hydrogens (tertiary/aromatic N) is 1. The standard InChI is InChI=1S/C26H27N3/c1-3-10-24-22(8-1)20(18-28-24)7-5-6-19-12-14-21(15-13-19)29-26-16-17-27-25-11-4-2-9-23(25)26/h1,3,8,10,12-18,28H,2,4-7,9,11H2,(H,27,29). The number of benzene rings is 2. The molecule has 0 spiro atoms. The van der Waals surface area contributed by atoms with Crippen LogP contribution in [0, 0.1) is 0 Å². The zero-order chi connectivity index (χ0) is 19.5. The lowest BCUT2D eigenvalue weighted by atomic mass is 9.94. The Morgan fingerprint density at radius 3 is 2.69 bits per heavy atom. The maximum absolute atomic E-state index is 4.57. The lowest BCUT2D eigenvalue weighted by molar-refractivity contribution is 0.669. The molecule has 29 heavy (non-hydrogen) atoms. The van der Waals surface area contributed by atoms with Crippen LogP contribution in [-0.4, -0.2) is 9.97 Å². The van der Waals surface area contributed by atoms with Crippen molar-refractivity contribution >= 4 is 22.3 Å². The molecule has 1 aliphatic rings. The molecule has 3 heteroatoms. The first-order valence-corrected chi connectivity index (χ1v) is 10.7. The summed E-state index contributed by atoms with van der Waals surface area (Å²) >= 11 is 0. The van der Waals surface area contributed by atoms with Crippen LogP contribution in [0.15, 0.2) is 67.0 Å². The lowest BCUT2D eigenvalue weighted by Crippen LogP contribution is -2.08. The van der Waals surface area contributed by atoms with Crippen molar-refractivity contribution in [2.24, 2.45) is 0 Å². The molecule has 0 aliphatic heterocycles. The first-order chi connectivity index (χ1) is 14.4. The third-order valence-corrected chi connectivity index (χ3v) is 6.05. The van der Waals surface area contributed by atoms with Gasteiger partial charge in [0.25, 0.3) is 0 Å². The summed E-state index contributed by atoms with van der Waals surface area (Å²) in [5, 5.41) is 4.97. The van der Waals surface area contributed by atoms with Crippen molar-refractivity contribution in [1.82, 2.24) is 9.97 Å². The van der Waals surface area contributed by atoms with Crippen LogP contribution in [0.2, 0.25) is 0 Å². The van der Waals surface area contributed by atoms with Crippen molar-refractivity contribution in [3.8, 4) is 0 Å². The number of hydrogen-bond donors (Lipinski definition) is 2. The molecule has 2 aromatic carbocycles. The fourth-order valence-corrected chi connectivity index (χ4v) is 4.47. The number of aryl methyl sites for hydroxylation is 3. The van der Waals surface area contributed by atoms with E-state index in [1.165, 1.54) is 51.8 Å². The highest BCUT2D eigenvalue weighted by Gasteiger charge is 2.14. The molecule has 0 radical (unpaired) electrons. The van der Waals surface area contributed by atoms with E-state index in [2.05, 4.69) is 76.1 Å². The average Bonchev–Trinajstić information content (AvgIpc) is 3.18. The molecule has 0 atom stereocenters. The predicted molar refractivity (Wildman–Crippen MR) is 121 cm³/mol. The largest absolute Gasteiger partial charge is 0.361 e. The Labute approximate surface area is 172 Å². The minimum Gasteiger partial charge on any atom is -0.361 e. The van der Waals surface area contributed by atoms with E-state index in [1.807, 2.05) is 6.20 Å². The van der Waals surface area contributed by atoms with Crippen LogP contribution in [0.1, 0.15) is 41.6 Å². The maximum atomic E-state index is 4.57. The zero-order valence-electron chi connectivity index (χ0n) is 16.7. The summed E-state index contributed by atoms with van der Waals surface area (Å²) in [6, 6.07) is 19.6. The van der Waals surface area contributed by atoms with E-state index in [0.29, 0.717) is 0 Å². The fraction of sp³-hybridized carbons (Fsp3) is 0.269. The monoisotopic (exact) mass is 381 g/mol. The average molecular weight is 382 g/mol. The fourth-order valence-electron chi connectivity index (χ4n) is 4.47. The van der Waals surface area contributed by atoms with Crippen molar-refractivity contribution < 1.29 is 0 Å². The number of aromatic amines is 1. The van der Waals surface area contributed by atoms with Gasteiger partial charge in [-0.25, -0.2) is 0 Å². The normalized spacial score (nSPS) is 13.4. The number of aromatic nitrogens is 2. The Bertz CT molecular complexity index is 1110. The quantitative estimate of drug-likeness (QED) is 0.408. The third kappa shape index (κ3) is 3.91. The van der Waals surface area contributed by atoms with Crippen LogP contribution in [0.25, 0.3) is 10.9 Å². The number of hydrogen-bond acceptors (Lipinski definition) is 2. The van der Waals surface area contributed by atoms with Gasteiger partial charge in [0.1, 0.15) is 0 Å². The Morgan fingerprint density at radius 1 is 0.897 bits per heavy atom. The van der Waals surface area contributed by atoms with E-state index >= 15 is 0 Å². The van der Waals surface area contributed by atoms with Gasteiger partial charge in [0, 0.05) is 40.4 Å². The van der Waals surface area contributed by atoms with Crippen LogP contribution in [-0.2, 0) is 25.7 Å². The van der Waals surface area contributed by atoms with E-state index in [1.54, 1.807) is 0 Å². The van der Waals surface area contributed by atoms with E-state index < -0.39 is 0 Å². The van der Waals surface area contributed by atoms with Gasteiger partial charge in [-0.15, -0.1) is 0 Å². The Morgan fingerprint density at radius 2 is 1.76 bits per heavy atom. The SMILES string of the molecule is c1ccc2c(CCCc3ccc(Nc4ccnc5c4CCCC5)cc3)c[nH]c2c1. The molecule has 4 aromatic rings. The molecular formula is C26H27N3. The molecule has 0 bridgehead atoms. The maximum Gasteiger partial charge on any atom is 0.0456 e. The summed E-state index contributed by atoms with van der Waals surface area (Å²) in [6.07, 6.45) is 12.2. The van der Waals surface area contributed by atoms with Crippen molar-refractivity contribution in [3.63, 3.8) is 0 Å². The first-order valence-electron chi connectivity index (χ1n) is 10.7. The Balaban J connectivity index is 1.21. The van der Waals surface area contributed by atoms with Gasteiger partial charge in [0.05, 0.1) is 0 Å². The van der Waals surface area contributed by atoms with E-state index in [0.717, 1.165) is 37.8 Å². The second kappa shape index (κ2) is 8.12. The molecule has 146 valence electrons. The molecule has 3 nitrogen and oxygen atoms in total. The van der Waals surface area contributed by atoms with Gasteiger partial charge in [0.15, 0.2) is 0 Å². The van der Waals surface area contributed by atoms with Crippen LogP contribution < -0.4 is 5.32 Å². The van der Waals surface area contributed by atoms with Crippen LogP contribution in [0.4, 0.5) is 11.4 Å². The summed E-state index contributed by atoms with van der Waals surface area (Å²) in [7, 11) is 0. The smallest absolute Gasteiger partial charge is 0.0456 e. The van der Waals surface area contributed by atoms with Gasteiger partial charge >= 0.3 is 0 Å². The molecule has 2 aromatic heterocycles. The molecule has 0 unspecified atom stereocenters. The highest BCUT2D eigenvalue weighted by molar-refractivity contribution is 5.83. The zero-order valence-corrected chi connectivity index (χ0v) is 16.7. The summed E-state index contributed by atoms with van der Waals surface area (Å²) in [5.41, 5.74) is 9.10. The van der Waals surface area contributed by atoms with Crippen molar-refractivity contribution in [2.45, 2.75) is 44.9 Å². The Hall–Kier alpha value is -3.07. The van der Waals surface area contributed by atoms with E-state index in [4.69, 9.17) is 0 Å². The van der Waals surface area contributed by atoms with Crippen molar-refractivity contribution in [3.05, 3.63) is 89.4 Å². The van der Waals surface area contributed by atoms with E-state index in [-0.39, 0.29) is 0 Å². The lowest BCUT2D eigenvalue weighted by Gasteiger charge is -2.19. The van der Waals surface area contributed by atoms with Crippen LogP contribution in [0.5, 0.6) is 0 Å². The molecule has 1 aliphatic carbocycles. The highest BCUT2D eigenvalue weighted by Crippen LogP contribution is 2.28. The summed E-state index contributed by atoms with van der Waals surface area (Å²) < 4.78 is 0. The molecule has 2 heterocycles. The second-order valence-electron chi connectivity index (χ2n) is 8.03. The summed E-state index contributed by atoms with van der Waals surface area (Å²) in [5.74, 6) is 0. The topological polar surface area (TPSA) is 40.7 Å². The van der Waals surface area contributed by atoms with Crippen molar-refractivity contribution in [1.29, 1.82) is 0 Å². The number of fused-ring (bicyclic) bond motifs is 2. The number of H-pyrrole nitrogens is 1. The second-order valence-corrected chi connectivity index (χ2v) is 8.03. The number of para-hydroxylation sites is 1. The number of pyridine rings is 1. The Kier molecular flexibility index (Phi) is 5.04. The third-order valence-electron chi connectivity index (χ3n) is 6.05. The molecular weight excluding hydrogens is 354 g/mol. The summed E-state index contributed by atoms with van der Waals surface area (Å²) in [4.78, 5) is 7.94. The van der Waals surface area contributed by atoms with E-state index in [9.17, 15) is 0 Å². The number of rotatable bonds is 6. The van der Waals surface area contributed by atoms with Gasteiger partial charge < -0.3 is 10.3 Å². The van der Waals surface area contributed by atoms with Gasteiger partial charge in [-0.1, -0.05) is 30.3 Å². The first kappa shape index (κ1) is 18.0. The van der Waals surface area contributed by atoms with Gasteiger partial charge in [0.2, 0.25) is 0 Å². The minimum atomic E-state index is 1.10. The summed E-state index contributed by atoms with van der Waals surface area (Å²) in [6.45, 7) is 0. The van der Waals surface area contributed by atoms with Crippen LogP contribution in [0.3, 0.4) is 0 Å². The highest BCUT2D eigenvalue weighted by atomic mass is 14.9. The molecule has 0 saturated carbocycles. The molecule has 2 N–H and O–H groups in total. The predicted octanol–water partition coefficient (Wildman–Crippen LogP) is 6.36. The molecule has 0 amide bonds. The van der Waals surface area contributed by atoms with Gasteiger partial charge in [-0.2, -0.15) is 0 Å². The minimum absolute atomic E-state index is 1.10. The molecule has 5 rings (SSSR count).